The molecule has 1 aromatic carbocycles. The maximum absolute atomic E-state index is 13.9. The number of halogens is 3. The number of rotatable bonds is 10. The fourth-order valence-electron chi connectivity index (χ4n) is 3.76. The molecule has 0 spiro atoms. The van der Waals surface area contributed by atoms with E-state index in [4.69, 9.17) is 4.74 Å². The van der Waals surface area contributed by atoms with Crippen molar-refractivity contribution in [3.63, 3.8) is 0 Å². The van der Waals surface area contributed by atoms with Gasteiger partial charge in [0.2, 0.25) is 0 Å². The summed E-state index contributed by atoms with van der Waals surface area (Å²) in [6.07, 6.45) is -1.48. The zero-order valence-corrected chi connectivity index (χ0v) is 18.9. The van der Waals surface area contributed by atoms with Gasteiger partial charge < -0.3 is 25.2 Å². The summed E-state index contributed by atoms with van der Waals surface area (Å²) in [4.78, 5) is 6.00. The lowest BCUT2D eigenvalue weighted by Crippen LogP contribution is -2.43. The third kappa shape index (κ3) is 7.19. The minimum atomic E-state index is -1.36. The standard InChI is InChI=1S/C22H29F3N2O5S/c23-13-7-15(24)19(16(25)8-13)22-26-14(12-33-22)11-32-6-4-2-1-3-5-27-9-17(28)20(30)21(31)18(29)10-27/h7-8,12,17-18,20-21,28-31H,1-6,9-11H2/t17-,18-,20+,21+/m0/s1. The molecule has 1 saturated heterocycles. The second kappa shape index (κ2) is 12.2. The molecule has 184 valence electrons. The van der Waals surface area contributed by atoms with Gasteiger partial charge in [-0.05, 0) is 19.4 Å². The molecule has 1 fully saturated rings. The summed E-state index contributed by atoms with van der Waals surface area (Å²) in [6.45, 7) is 1.72. The van der Waals surface area contributed by atoms with E-state index in [-0.39, 0.29) is 30.3 Å². The Labute approximate surface area is 194 Å². The van der Waals surface area contributed by atoms with Crippen LogP contribution < -0.4 is 0 Å². The van der Waals surface area contributed by atoms with Crippen LogP contribution in [0, 0.1) is 17.5 Å². The van der Waals surface area contributed by atoms with Gasteiger partial charge in [-0.15, -0.1) is 11.3 Å². The first-order valence-corrected chi connectivity index (χ1v) is 11.8. The van der Waals surface area contributed by atoms with Crippen molar-refractivity contribution in [2.45, 2.75) is 56.7 Å². The molecule has 3 rings (SSSR count). The quantitative estimate of drug-likeness (QED) is 0.378. The number of aromatic nitrogens is 1. The highest BCUT2D eigenvalue weighted by molar-refractivity contribution is 7.13. The second-order valence-corrected chi connectivity index (χ2v) is 9.09. The number of ether oxygens (including phenoxy) is 1. The lowest BCUT2D eigenvalue weighted by atomic mass is 10.1. The number of benzene rings is 1. The molecule has 0 bridgehead atoms. The van der Waals surface area contributed by atoms with Crippen molar-refractivity contribution in [1.82, 2.24) is 9.88 Å². The molecule has 7 nitrogen and oxygen atoms in total. The van der Waals surface area contributed by atoms with Crippen LogP contribution in [0.4, 0.5) is 13.2 Å². The summed E-state index contributed by atoms with van der Waals surface area (Å²) < 4.78 is 46.4. The fourth-order valence-corrected chi connectivity index (χ4v) is 4.61. The number of unbranched alkanes of at least 4 members (excludes halogenated alkanes) is 3. The van der Waals surface area contributed by atoms with Crippen LogP contribution in [-0.2, 0) is 11.3 Å². The molecule has 0 saturated carbocycles. The van der Waals surface area contributed by atoms with Crippen LogP contribution in [0.3, 0.4) is 0 Å². The normalized spacial score (nSPS) is 24.2. The van der Waals surface area contributed by atoms with Crippen LogP contribution in [-0.4, -0.2) is 81.0 Å². The van der Waals surface area contributed by atoms with Gasteiger partial charge in [-0.1, -0.05) is 12.8 Å². The zero-order valence-electron chi connectivity index (χ0n) is 18.0. The van der Waals surface area contributed by atoms with E-state index in [1.54, 1.807) is 5.38 Å². The van der Waals surface area contributed by atoms with E-state index in [1.807, 2.05) is 4.90 Å². The van der Waals surface area contributed by atoms with E-state index < -0.39 is 41.9 Å². The summed E-state index contributed by atoms with van der Waals surface area (Å²) >= 11 is 1.06. The number of hydrogen-bond donors (Lipinski definition) is 4. The molecule has 33 heavy (non-hydrogen) atoms. The molecule has 1 aromatic heterocycles. The van der Waals surface area contributed by atoms with Gasteiger partial charge in [0.25, 0.3) is 0 Å². The minimum absolute atomic E-state index is 0.132. The molecule has 0 radical (unpaired) electrons. The van der Waals surface area contributed by atoms with Crippen LogP contribution in [0.5, 0.6) is 0 Å². The average Bonchev–Trinajstić information content (AvgIpc) is 3.18. The molecular formula is C22H29F3N2O5S. The second-order valence-electron chi connectivity index (χ2n) is 8.23. The predicted octanol–water partition coefficient (Wildman–Crippen LogP) is 2.06. The Kier molecular flexibility index (Phi) is 9.62. The molecule has 4 atom stereocenters. The Hall–Kier alpha value is -1.60. The first-order valence-electron chi connectivity index (χ1n) is 10.9. The SMILES string of the molecule is O[C@H]1[C@H](O)[C@@H](O)CN(CCCCCCOCc2csc(-c3c(F)cc(F)cc3F)n2)C[C@@H]1O. The highest BCUT2D eigenvalue weighted by Gasteiger charge is 2.35. The smallest absolute Gasteiger partial charge is 0.139 e. The highest BCUT2D eigenvalue weighted by atomic mass is 32.1. The van der Waals surface area contributed by atoms with E-state index in [9.17, 15) is 33.6 Å². The van der Waals surface area contributed by atoms with Crippen molar-refractivity contribution in [2.75, 3.05) is 26.2 Å². The summed E-state index contributed by atoms with van der Waals surface area (Å²) in [7, 11) is 0. The molecular weight excluding hydrogens is 461 g/mol. The van der Waals surface area contributed by atoms with Crippen molar-refractivity contribution in [1.29, 1.82) is 0 Å². The lowest BCUT2D eigenvalue weighted by molar-refractivity contribution is -0.0894. The molecule has 4 N–H and O–H groups in total. The van der Waals surface area contributed by atoms with Crippen LogP contribution in [0.1, 0.15) is 31.4 Å². The van der Waals surface area contributed by atoms with Crippen molar-refractivity contribution in [3.05, 3.63) is 40.7 Å². The highest BCUT2D eigenvalue weighted by Crippen LogP contribution is 2.30. The van der Waals surface area contributed by atoms with Crippen LogP contribution in [0.25, 0.3) is 10.6 Å². The fraction of sp³-hybridized carbons (Fsp3) is 0.591. The number of aliphatic hydroxyl groups is 4. The molecule has 2 aromatic rings. The van der Waals surface area contributed by atoms with Gasteiger partial charge in [0.15, 0.2) is 0 Å². The van der Waals surface area contributed by atoms with Crippen molar-refractivity contribution in [3.8, 4) is 10.6 Å². The predicted molar refractivity (Wildman–Crippen MR) is 116 cm³/mol. The maximum atomic E-state index is 13.9. The molecule has 0 amide bonds. The Morgan fingerprint density at radius 2 is 1.55 bits per heavy atom. The first kappa shape index (κ1) is 26.0. The first-order chi connectivity index (χ1) is 15.8. The van der Waals surface area contributed by atoms with Crippen molar-refractivity contribution >= 4 is 11.3 Å². The Bertz CT molecular complexity index is 864. The van der Waals surface area contributed by atoms with Gasteiger partial charge in [-0.2, -0.15) is 0 Å². The molecule has 2 heterocycles. The van der Waals surface area contributed by atoms with Gasteiger partial charge in [0.05, 0.1) is 30.1 Å². The van der Waals surface area contributed by atoms with Crippen molar-refractivity contribution in [2.24, 2.45) is 0 Å². The van der Waals surface area contributed by atoms with Gasteiger partial charge in [-0.25, -0.2) is 18.2 Å². The zero-order chi connectivity index (χ0) is 24.0. The topological polar surface area (TPSA) is 106 Å². The maximum Gasteiger partial charge on any atom is 0.139 e. The summed E-state index contributed by atoms with van der Waals surface area (Å²) in [5.41, 5.74) is 0.196. The van der Waals surface area contributed by atoms with Crippen LogP contribution in [0.2, 0.25) is 0 Å². The van der Waals surface area contributed by atoms with E-state index in [0.717, 1.165) is 37.0 Å². The third-order valence-corrected chi connectivity index (χ3v) is 6.47. The van der Waals surface area contributed by atoms with Crippen molar-refractivity contribution < 1.29 is 38.3 Å². The number of likely N-dealkylation sites (tertiary alicyclic amines) is 1. The number of nitrogens with zero attached hydrogens (tertiary/aromatic N) is 2. The average molecular weight is 491 g/mol. The third-order valence-electron chi connectivity index (χ3n) is 5.56. The van der Waals surface area contributed by atoms with E-state index in [1.165, 1.54) is 0 Å². The van der Waals surface area contributed by atoms with Gasteiger partial charge >= 0.3 is 0 Å². The minimum Gasteiger partial charge on any atom is -0.389 e. The summed E-state index contributed by atoms with van der Waals surface area (Å²) in [5.74, 6) is -2.97. The number of β-amino-alcohol motifs (C(OH)–C–C–N with tert-alkyl or cyclic N) is 2. The number of aliphatic hydroxyl groups excluding tert-OH is 4. The molecule has 0 aliphatic carbocycles. The van der Waals surface area contributed by atoms with E-state index in [2.05, 4.69) is 4.98 Å². The van der Waals surface area contributed by atoms with Gasteiger partial charge in [-0.3, -0.25) is 4.90 Å². The Balaban J connectivity index is 1.31. The molecule has 11 heteroatoms. The van der Waals surface area contributed by atoms with Crippen LogP contribution >= 0.6 is 11.3 Å². The van der Waals surface area contributed by atoms with Gasteiger partial charge in [0.1, 0.15) is 34.7 Å². The molecule has 1 aliphatic rings. The van der Waals surface area contributed by atoms with Crippen LogP contribution in [0.15, 0.2) is 17.5 Å². The Morgan fingerprint density at radius 1 is 0.939 bits per heavy atom. The number of hydrogen-bond acceptors (Lipinski definition) is 8. The summed E-state index contributed by atoms with van der Waals surface area (Å²) in [5, 5.41) is 41.0. The molecule has 0 unspecified atom stereocenters. The van der Waals surface area contributed by atoms with Gasteiger partial charge in [0, 0.05) is 37.2 Å². The largest absolute Gasteiger partial charge is 0.389 e. The van der Waals surface area contributed by atoms with E-state index in [0.29, 0.717) is 31.0 Å². The monoisotopic (exact) mass is 490 g/mol. The molecule has 1 aliphatic heterocycles. The Morgan fingerprint density at radius 3 is 2.18 bits per heavy atom. The number of thiazole rings is 1. The van der Waals surface area contributed by atoms with E-state index >= 15 is 0 Å². The summed E-state index contributed by atoms with van der Waals surface area (Å²) in [6, 6.07) is 1.25. The lowest BCUT2D eigenvalue weighted by Gasteiger charge is -2.23.